The summed E-state index contributed by atoms with van der Waals surface area (Å²) in [6, 6.07) is 7.70. The predicted octanol–water partition coefficient (Wildman–Crippen LogP) is 2.83. The van der Waals surface area contributed by atoms with Crippen LogP contribution in [0.3, 0.4) is 0 Å². The van der Waals surface area contributed by atoms with E-state index in [4.69, 9.17) is 11.6 Å². The van der Waals surface area contributed by atoms with E-state index in [9.17, 15) is 4.79 Å². The number of amides is 1. The highest BCUT2D eigenvalue weighted by Gasteiger charge is 2.25. The summed E-state index contributed by atoms with van der Waals surface area (Å²) in [6.07, 6.45) is 3.24. The quantitative estimate of drug-likeness (QED) is 0.920. The number of rotatable bonds is 4. The Bertz CT molecular complexity index is 430. The zero-order chi connectivity index (χ0) is 13.7. The van der Waals surface area contributed by atoms with E-state index in [1.165, 1.54) is 6.42 Å². The minimum atomic E-state index is -0.0174. The third-order valence-electron chi connectivity index (χ3n) is 3.62. The minimum absolute atomic E-state index is 0.0174. The van der Waals surface area contributed by atoms with Crippen molar-refractivity contribution in [2.75, 3.05) is 13.1 Å². The van der Waals surface area contributed by atoms with Crippen molar-refractivity contribution in [1.82, 2.24) is 10.2 Å². The van der Waals surface area contributed by atoms with Gasteiger partial charge in [-0.3, -0.25) is 4.79 Å². The topological polar surface area (TPSA) is 32.3 Å². The zero-order valence-corrected chi connectivity index (χ0v) is 12.1. The second-order valence-electron chi connectivity index (χ2n) is 4.95. The first-order chi connectivity index (χ1) is 9.22. The maximum absolute atomic E-state index is 12.5. The molecule has 0 radical (unpaired) electrons. The van der Waals surface area contributed by atoms with Gasteiger partial charge >= 0.3 is 0 Å². The Morgan fingerprint density at radius 2 is 2.21 bits per heavy atom. The molecule has 1 aliphatic rings. The summed E-state index contributed by atoms with van der Waals surface area (Å²) in [5, 5.41) is 4.04. The molecule has 1 fully saturated rings. The number of nitrogens with one attached hydrogen (secondary N) is 1. The summed E-state index contributed by atoms with van der Waals surface area (Å²) in [5.74, 6) is 0.196. The third kappa shape index (κ3) is 3.71. The molecule has 19 heavy (non-hydrogen) atoms. The molecular formula is C15H21ClN2O. The second-order valence-corrected chi connectivity index (χ2v) is 5.35. The Labute approximate surface area is 119 Å². The van der Waals surface area contributed by atoms with Crippen molar-refractivity contribution in [2.24, 2.45) is 0 Å². The molecule has 1 unspecified atom stereocenters. The first kappa shape index (κ1) is 14.4. The fourth-order valence-electron chi connectivity index (χ4n) is 2.46. The summed E-state index contributed by atoms with van der Waals surface area (Å²) < 4.78 is 0. The molecule has 1 heterocycles. The molecule has 2 rings (SSSR count). The Kier molecular flexibility index (Phi) is 5.23. The van der Waals surface area contributed by atoms with Crippen LogP contribution in [0, 0.1) is 0 Å². The first-order valence-corrected chi connectivity index (χ1v) is 7.35. The standard InChI is InChI=1S/C15H21ClN2O/c1-2-18(11-12-7-3-4-8-13(12)16)15(19)14-9-5-6-10-17-14/h3-4,7-8,14,17H,2,5-6,9-11H2,1H3. The van der Waals surface area contributed by atoms with Crippen molar-refractivity contribution in [3.63, 3.8) is 0 Å². The summed E-state index contributed by atoms with van der Waals surface area (Å²) in [4.78, 5) is 14.3. The lowest BCUT2D eigenvalue weighted by Gasteiger charge is -2.29. The maximum atomic E-state index is 12.5. The zero-order valence-electron chi connectivity index (χ0n) is 11.4. The van der Waals surface area contributed by atoms with Crippen LogP contribution in [0.4, 0.5) is 0 Å². The molecule has 4 heteroatoms. The Hall–Kier alpha value is -1.06. The number of piperidine rings is 1. The van der Waals surface area contributed by atoms with Crippen LogP contribution in [0.2, 0.25) is 5.02 Å². The number of likely N-dealkylation sites (N-methyl/N-ethyl adjacent to an activating group) is 1. The van der Waals surface area contributed by atoms with Gasteiger partial charge in [0.05, 0.1) is 6.04 Å². The van der Waals surface area contributed by atoms with E-state index < -0.39 is 0 Å². The predicted molar refractivity (Wildman–Crippen MR) is 78.2 cm³/mol. The molecule has 0 bridgehead atoms. The van der Waals surface area contributed by atoms with E-state index in [-0.39, 0.29) is 11.9 Å². The van der Waals surface area contributed by atoms with Gasteiger partial charge in [0.25, 0.3) is 0 Å². The fourth-order valence-corrected chi connectivity index (χ4v) is 2.66. The SMILES string of the molecule is CCN(Cc1ccccc1Cl)C(=O)C1CCCCN1. The van der Waals surface area contributed by atoms with E-state index in [0.717, 1.165) is 30.0 Å². The molecule has 1 N–H and O–H groups in total. The van der Waals surface area contributed by atoms with Gasteiger partial charge in [-0.25, -0.2) is 0 Å². The van der Waals surface area contributed by atoms with Gasteiger partial charge in [-0.15, -0.1) is 0 Å². The Morgan fingerprint density at radius 1 is 1.42 bits per heavy atom. The van der Waals surface area contributed by atoms with Gasteiger partial charge in [0, 0.05) is 18.1 Å². The molecule has 1 aliphatic heterocycles. The third-order valence-corrected chi connectivity index (χ3v) is 3.99. The van der Waals surface area contributed by atoms with Crippen LogP contribution in [0.1, 0.15) is 31.7 Å². The van der Waals surface area contributed by atoms with Crippen molar-refractivity contribution in [3.05, 3.63) is 34.9 Å². The van der Waals surface area contributed by atoms with Gasteiger partial charge in [-0.05, 0) is 37.9 Å². The molecule has 1 aromatic rings. The molecular weight excluding hydrogens is 260 g/mol. The van der Waals surface area contributed by atoms with Crippen molar-refractivity contribution < 1.29 is 4.79 Å². The number of nitrogens with zero attached hydrogens (tertiary/aromatic N) is 1. The van der Waals surface area contributed by atoms with Gasteiger partial charge < -0.3 is 10.2 Å². The monoisotopic (exact) mass is 280 g/mol. The smallest absolute Gasteiger partial charge is 0.239 e. The number of hydrogen-bond donors (Lipinski definition) is 1. The summed E-state index contributed by atoms with van der Waals surface area (Å²) >= 11 is 6.16. The van der Waals surface area contributed by atoms with Crippen LogP contribution in [0.5, 0.6) is 0 Å². The van der Waals surface area contributed by atoms with Crippen LogP contribution >= 0.6 is 11.6 Å². The van der Waals surface area contributed by atoms with Crippen molar-refractivity contribution >= 4 is 17.5 Å². The summed E-state index contributed by atoms with van der Waals surface area (Å²) in [6.45, 7) is 4.26. The van der Waals surface area contributed by atoms with Crippen molar-refractivity contribution in [1.29, 1.82) is 0 Å². The normalized spacial score (nSPS) is 19.2. The van der Waals surface area contributed by atoms with Crippen molar-refractivity contribution in [2.45, 2.75) is 38.8 Å². The summed E-state index contributed by atoms with van der Waals surface area (Å²) in [7, 11) is 0. The maximum Gasteiger partial charge on any atom is 0.239 e. The number of halogens is 1. The van der Waals surface area contributed by atoms with Crippen LogP contribution in [-0.2, 0) is 11.3 Å². The van der Waals surface area contributed by atoms with Gasteiger partial charge in [-0.1, -0.05) is 36.2 Å². The van der Waals surface area contributed by atoms with Crippen LogP contribution in [0.15, 0.2) is 24.3 Å². The van der Waals surface area contributed by atoms with Gasteiger partial charge in [0.2, 0.25) is 5.91 Å². The van der Waals surface area contributed by atoms with Gasteiger partial charge in [0.15, 0.2) is 0 Å². The highest BCUT2D eigenvalue weighted by Crippen LogP contribution is 2.18. The molecule has 1 amide bonds. The van der Waals surface area contributed by atoms with Gasteiger partial charge in [-0.2, -0.15) is 0 Å². The minimum Gasteiger partial charge on any atom is -0.337 e. The second kappa shape index (κ2) is 6.92. The largest absolute Gasteiger partial charge is 0.337 e. The highest BCUT2D eigenvalue weighted by molar-refractivity contribution is 6.31. The molecule has 1 atom stereocenters. The lowest BCUT2D eigenvalue weighted by Crippen LogP contribution is -2.48. The first-order valence-electron chi connectivity index (χ1n) is 6.98. The molecule has 0 spiro atoms. The van der Waals surface area contributed by atoms with Crippen LogP contribution in [-0.4, -0.2) is 29.9 Å². The molecule has 3 nitrogen and oxygen atoms in total. The highest BCUT2D eigenvalue weighted by atomic mass is 35.5. The fraction of sp³-hybridized carbons (Fsp3) is 0.533. The lowest BCUT2D eigenvalue weighted by atomic mass is 10.0. The number of benzene rings is 1. The van der Waals surface area contributed by atoms with E-state index in [1.807, 2.05) is 36.1 Å². The molecule has 1 saturated heterocycles. The number of hydrogen-bond acceptors (Lipinski definition) is 2. The molecule has 0 saturated carbocycles. The van der Waals surface area contributed by atoms with Crippen LogP contribution in [0.25, 0.3) is 0 Å². The lowest BCUT2D eigenvalue weighted by molar-refractivity contribution is -0.134. The van der Waals surface area contributed by atoms with Crippen molar-refractivity contribution in [3.8, 4) is 0 Å². The van der Waals surface area contributed by atoms with E-state index in [1.54, 1.807) is 0 Å². The number of carbonyl (C=O) groups excluding carboxylic acids is 1. The van der Waals surface area contributed by atoms with E-state index in [2.05, 4.69) is 5.32 Å². The molecule has 0 aliphatic carbocycles. The average molecular weight is 281 g/mol. The molecule has 0 aromatic heterocycles. The molecule has 1 aromatic carbocycles. The van der Waals surface area contributed by atoms with E-state index >= 15 is 0 Å². The average Bonchev–Trinajstić information content (AvgIpc) is 2.47. The van der Waals surface area contributed by atoms with E-state index in [0.29, 0.717) is 13.1 Å². The number of carbonyl (C=O) groups is 1. The Balaban J connectivity index is 2.03. The van der Waals surface area contributed by atoms with Gasteiger partial charge in [0.1, 0.15) is 0 Å². The van der Waals surface area contributed by atoms with Crippen LogP contribution < -0.4 is 5.32 Å². The Morgan fingerprint density at radius 3 is 2.84 bits per heavy atom. The molecule has 104 valence electrons. The summed E-state index contributed by atoms with van der Waals surface area (Å²) in [5.41, 5.74) is 1.01.